The van der Waals surface area contributed by atoms with Crippen LogP contribution in [0.3, 0.4) is 0 Å². The first-order valence-electron chi connectivity index (χ1n) is 6.30. The van der Waals surface area contributed by atoms with Crippen LogP contribution in [-0.2, 0) is 4.74 Å². The summed E-state index contributed by atoms with van der Waals surface area (Å²) in [4.78, 5) is 0. The summed E-state index contributed by atoms with van der Waals surface area (Å²) < 4.78 is 16.1. The fourth-order valence-corrected chi connectivity index (χ4v) is 1.56. The Morgan fingerprint density at radius 2 is 2.05 bits per heavy atom. The zero-order chi connectivity index (χ0) is 14.1. The predicted molar refractivity (Wildman–Crippen MR) is 73.6 cm³/mol. The largest absolute Gasteiger partial charge is 0.493 e. The van der Waals surface area contributed by atoms with Crippen LogP contribution in [0.2, 0.25) is 0 Å². The Morgan fingerprint density at radius 3 is 2.68 bits per heavy atom. The number of methoxy groups -OCH3 is 1. The van der Waals surface area contributed by atoms with E-state index in [1.165, 1.54) is 0 Å². The van der Waals surface area contributed by atoms with E-state index in [0.717, 1.165) is 18.6 Å². The van der Waals surface area contributed by atoms with Crippen LogP contribution < -0.4 is 9.47 Å². The molecule has 0 spiro atoms. The smallest absolute Gasteiger partial charge is 0.161 e. The van der Waals surface area contributed by atoms with E-state index >= 15 is 0 Å². The van der Waals surface area contributed by atoms with Gasteiger partial charge in [0.15, 0.2) is 11.5 Å². The minimum absolute atomic E-state index is 0.529. The molecule has 0 amide bonds. The molecule has 5 heteroatoms. The molecule has 0 saturated carbocycles. The van der Waals surface area contributed by atoms with Crippen molar-refractivity contribution in [3.8, 4) is 11.5 Å². The number of nitrogens with zero attached hydrogens (tertiary/aromatic N) is 1. The van der Waals surface area contributed by atoms with Gasteiger partial charge in [-0.3, -0.25) is 0 Å². The Balaban J connectivity index is 2.63. The Morgan fingerprint density at radius 1 is 1.26 bits per heavy atom. The van der Waals surface area contributed by atoms with Gasteiger partial charge in [-0.15, -0.1) is 0 Å². The van der Waals surface area contributed by atoms with Gasteiger partial charge in [0.05, 0.1) is 19.4 Å². The molecule has 1 rings (SSSR count). The quantitative estimate of drug-likeness (QED) is 0.340. The Kier molecular flexibility index (Phi) is 6.74. The van der Waals surface area contributed by atoms with E-state index in [0.29, 0.717) is 30.4 Å². The fourth-order valence-electron chi connectivity index (χ4n) is 1.56. The Labute approximate surface area is 113 Å². The molecule has 0 saturated heterocycles. The van der Waals surface area contributed by atoms with Crippen molar-refractivity contribution >= 4 is 5.71 Å². The second-order valence-electron chi connectivity index (χ2n) is 3.95. The Hall–Kier alpha value is -1.75. The molecular formula is C14H21NO4. The molecule has 0 radical (unpaired) electrons. The number of hydrogen-bond acceptors (Lipinski definition) is 5. The SMILES string of the molecule is CCOCCCOc1ccc(C(C)=NO)cc1OC. The van der Waals surface area contributed by atoms with Gasteiger partial charge in [-0.1, -0.05) is 5.16 Å². The summed E-state index contributed by atoms with van der Waals surface area (Å²) in [6.45, 7) is 5.67. The topological polar surface area (TPSA) is 60.3 Å². The van der Waals surface area contributed by atoms with E-state index in [2.05, 4.69) is 5.16 Å². The molecule has 1 N–H and O–H groups in total. The molecule has 0 heterocycles. The fraction of sp³-hybridized carbons (Fsp3) is 0.500. The van der Waals surface area contributed by atoms with Crippen molar-refractivity contribution < 1.29 is 19.4 Å². The molecule has 0 aliphatic rings. The highest BCUT2D eigenvalue weighted by molar-refractivity contribution is 5.98. The van der Waals surface area contributed by atoms with Crippen molar-refractivity contribution in [3.63, 3.8) is 0 Å². The lowest BCUT2D eigenvalue weighted by atomic mass is 10.1. The third kappa shape index (κ3) is 4.79. The molecular weight excluding hydrogens is 246 g/mol. The average molecular weight is 267 g/mol. The minimum Gasteiger partial charge on any atom is -0.493 e. The molecule has 0 atom stereocenters. The van der Waals surface area contributed by atoms with Gasteiger partial charge in [-0.05, 0) is 32.0 Å². The summed E-state index contributed by atoms with van der Waals surface area (Å²) in [6, 6.07) is 5.42. The zero-order valence-electron chi connectivity index (χ0n) is 11.7. The van der Waals surface area contributed by atoms with Crippen LogP contribution in [0, 0.1) is 0 Å². The summed E-state index contributed by atoms with van der Waals surface area (Å²) in [5.41, 5.74) is 1.32. The third-order valence-electron chi connectivity index (χ3n) is 2.63. The summed E-state index contributed by atoms with van der Waals surface area (Å²) in [6.07, 6.45) is 0.829. The molecule has 0 unspecified atom stereocenters. The van der Waals surface area contributed by atoms with Crippen LogP contribution in [0.25, 0.3) is 0 Å². The minimum atomic E-state index is 0.529. The van der Waals surface area contributed by atoms with E-state index in [-0.39, 0.29) is 0 Å². The molecule has 0 aliphatic heterocycles. The Bertz CT molecular complexity index is 418. The van der Waals surface area contributed by atoms with Gasteiger partial charge in [-0.2, -0.15) is 0 Å². The van der Waals surface area contributed by atoms with Crippen molar-refractivity contribution in [2.45, 2.75) is 20.3 Å². The van der Waals surface area contributed by atoms with Gasteiger partial charge >= 0.3 is 0 Å². The van der Waals surface area contributed by atoms with Crippen LogP contribution in [0.5, 0.6) is 11.5 Å². The van der Waals surface area contributed by atoms with E-state index in [1.54, 1.807) is 20.1 Å². The number of rotatable bonds is 8. The molecule has 106 valence electrons. The maximum absolute atomic E-state index is 8.75. The summed E-state index contributed by atoms with van der Waals surface area (Å²) in [5.74, 6) is 1.30. The van der Waals surface area contributed by atoms with E-state index < -0.39 is 0 Å². The highest BCUT2D eigenvalue weighted by atomic mass is 16.5. The lowest BCUT2D eigenvalue weighted by Crippen LogP contribution is -2.04. The van der Waals surface area contributed by atoms with Gasteiger partial charge in [0.1, 0.15) is 0 Å². The van der Waals surface area contributed by atoms with Gasteiger partial charge in [-0.25, -0.2) is 0 Å². The van der Waals surface area contributed by atoms with Crippen LogP contribution >= 0.6 is 0 Å². The van der Waals surface area contributed by atoms with E-state index in [4.69, 9.17) is 19.4 Å². The molecule has 0 fully saturated rings. The van der Waals surface area contributed by atoms with Gasteiger partial charge in [0.25, 0.3) is 0 Å². The highest BCUT2D eigenvalue weighted by Crippen LogP contribution is 2.28. The summed E-state index contributed by atoms with van der Waals surface area (Å²) in [5, 5.41) is 11.9. The normalized spacial score (nSPS) is 11.4. The van der Waals surface area contributed by atoms with Crippen molar-refractivity contribution in [2.24, 2.45) is 5.16 Å². The van der Waals surface area contributed by atoms with Gasteiger partial charge in [0, 0.05) is 25.2 Å². The van der Waals surface area contributed by atoms with Crippen molar-refractivity contribution in [2.75, 3.05) is 26.9 Å². The van der Waals surface area contributed by atoms with Gasteiger partial charge in [0.2, 0.25) is 0 Å². The van der Waals surface area contributed by atoms with E-state index in [1.807, 2.05) is 19.1 Å². The molecule has 5 nitrogen and oxygen atoms in total. The van der Waals surface area contributed by atoms with Crippen LogP contribution in [0.1, 0.15) is 25.8 Å². The third-order valence-corrected chi connectivity index (χ3v) is 2.63. The lowest BCUT2D eigenvalue weighted by molar-refractivity contribution is 0.130. The zero-order valence-corrected chi connectivity index (χ0v) is 11.7. The summed E-state index contributed by atoms with van der Waals surface area (Å²) in [7, 11) is 1.58. The van der Waals surface area contributed by atoms with Crippen LogP contribution in [0.15, 0.2) is 23.4 Å². The molecule has 0 bridgehead atoms. The van der Waals surface area contributed by atoms with Crippen LogP contribution in [-0.4, -0.2) is 37.8 Å². The second kappa shape index (κ2) is 8.37. The number of hydrogen-bond donors (Lipinski definition) is 1. The number of benzene rings is 1. The first kappa shape index (κ1) is 15.3. The maximum atomic E-state index is 8.75. The van der Waals surface area contributed by atoms with E-state index in [9.17, 15) is 0 Å². The van der Waals surface area contributed by atoms with Crippen molar-refractivity contribution in [3.05, 3.63) is 23.8 Å². The monoisotopic (exact) mass is 267 g/mol. The molecule has 19 heavy (non-hydrogen) atoms. The lowest BCUT2D eigenvalue weighted by Gasteiger charge is -2.12. The van der Waals surface area contributed by atoms with Crippen molar-refractivity contribution in [1.29, 1.82) is 0 Å². The predicted octanol–water partition coefficient (Wildman–Crippen LogP) is 2.70. The molecule has 1 aromatic rings. The first-order chi connectivity index (χ1) is 9.22. The molecule has 1 aromatic carbocycles. The first-order valence-corrected chi connectivity index (χ1v) is 6.30. The highest BCUT2D eigenvalue weighted by Gasteiger charge is 2.07. The molecule has 0 aromatic heterocycles. The molecule has 0 aliphatic carbocycles. The van der Waals surface area contributed by atoms with Crippen molar-refractivity contribution in [1.82, 2.24) is 0 Å². The summed E-state index contributed by atoms with van der Waals surface area (Å²) >= 11 is 0. The van der Waals surface area contributed by atoms with Crippen LogP contribution in [0.4, 0.5) is 0 Å². The number of ether oxygens (including phenoxy) is 3. The van der Waals surface area contributed by atoms with Gasteiger partial charge < -0.3 is 19.4 Å². The second-order valence-corrected chi connectivity index (χ2v) is 3.95. The standard InChI is InChI=1S/C14H21NO4/c1-4-18-8-5-9-19-13-7-6-12(11(2)15-16)10-14(13)17-3/h6-7,10,16H,4-5,8-9H2,1-3H3. The average Bonchev–Trinajstić information content (AvgIpc) is 2.46. The maximum Gasteiger partial charge on any atom is 0.161 e. The number of oxime groups is 1.